The maximum atomic E-state index is 6.15. The standard InChI is InChI=1S/C15H27OSi/c1-15(2,3)17(4,5)16-13-9-8-12-14-10-6-7-11-14/h6-7,10-11H,8-9,12-13H2,1-5H3. The van der Waals surface area contributed by atoms with Crippen LogP contribution in [-0.4, -0.2) is 14.9 Å². The lowest BCUT2D eigenvalue weighted by molar-refractivity contribution is 0.278. The van der Waals surface area contributed by atoms with Crippen LogP contribution in [0.4, 0.5) is 0 Å². The van der Waals surface area contributed by atoms with Crippen LogP contribution < -0.4 is 0 Å². The molecule has 0 atom stereocenters. The molecule has 1 rings (SSSR count). The Labute approximate surface area is 109 Å². The van der Waals surface area contributed by atoms with E-state index in [-0.39, 0.29) is 0 Å². The van der Waals surface area contributed by atoms with Crippen LogP contribution in [0.1, 0.15) is 40.0 Å². The van der Waals surface area contributed by atoms with Crippen LogP contribution in [0.5, 0.6) is 0 Å². The van der Waals surface area contributed by atoms with Gasteiger partial charge in [0.15, 0.2) is 8.32 Å². The average Bonchev–Trinajstić information content (AvgIpc) is 2.68. The summed E-state index contributed by atoms with van der Waals surface area (Å²) in [6, 6.07) is 0. The van der Waals surface area contributed by atoms with Gasteiger partial charge in [-0.1, -0.05) is 27.2 Å². The summed E-state index contributed by atoms with van der Waals surface area (Å²) < 4.78 is 6.15. The van der Waals surface area contributed by atoms with Crippen LogP contribution in [0.15, 0.2) is 0 Å². The number of hydrogen-bond donors (Lipinski definition) is 0. The minimum Gasteiger partial charge on any atom is -0.417 e. The van der Waals surface area contributed by atoms with E-state index in [4.69, 9.17) is 4.43 Å². The Morgan fingerprint density at radius 2 is 1.65 bits per heavy atom. The molecule has 0 bridgehead atoms. The van der Waals surface area contributed by atoms with Crippen molar-refractivity contribution in [1.82, 2.24) is 0 Å². The third kappa shape index (κ3) is 5.13. The third-order valence-electron chi connectivity index (χ3n) is 3.86. The summed E-state index contributed by atoms with van der Waals surface area (Å²) in [5.74, 6) is 1.46. The van der Waals surface area contributed by atoms with Gasteiger partial charge < -0.3 is 4.43 Å². The molecular formula is C15H27OSi. The summed E-state index contributed by atoms with van der Waals surface area (Å²) in [7, 11) is -1.52. The molecule has 1 aliphatic carbocycles. The first kappa shape index (κ1) is 15.2. The number of rotatable bonds is 6. The van der Waals surface area contributed by atoms with Crippen molar-refractivity contribution in [3.8, 4) is 0 Å². The topological polar surface area (TPSA) is 9.23 Å². The summed E-state index contributed by atoms with van der Waals surface area (Å²) in [6.07, 6.45) is 12.2. The predicted octanol–water partition coefficient (Wildman–Crippen LogP) is 4.58. The highest BCUT2D eigenvalue weighted by Gasteiger charge is 2.36. The van der Waals surface area contributed by atoms with Crippen molar-refractivity contribution in [3.05, 3.63) is 31.6 Å². The van der Waals surface area contributed by atoms with Crippen LogP contribution in [0.2, 0.25) is 18.1 Å². The first-order valence-corrected chi connectivity index (χ1v) is 9.58. The lowest BCUT2D eigenvalue weighted by Crippen LogP contribution is -2.40. The van der Waals surface area contributed by atoms with Crippen LogP contribution in [0, 0.1) is 31.6 Å². The fourth-order valence-corrected chi connectivity index (χ4v) is 2.64. The van der Waals surface area contributed by atoms with Crippen molar-refractivity contribution in [2.45, 2.75) is 58.2 Å². The second-order valence-corrected chi connectivity index (χ2v) is 11.2. The maximum absolute atomic E-state index is 6.15. The molecule has 17 heavy (non-hydrogen) atoms. The summed E-state index contributed by atoms with van der Waals surface area (Å²) in [6.45, 7) is 12.5. The lowest BCUT2D eigenvalue weighted by atomic mass is 10.0. The summed E-state index contributed by atoms with van der Waals surface area (Å²) >= 11 is 0. The van der Waals surface area contributed by atoms with Gasteiger partial charge in [0, 0.05) is 6.61 Å². The molecule has 1 saturated carbocycles. The van der Waals surface area contributed by atoms with E-state index in [9.17, 15) is 0 Å². The molecule has 0 heterocycles. The van der Waals surface area contributed by atoms with Crippen molar-refractivity contribution in [3.63, 3.8) is 0 Å². The second-order valence-electron chi connectivity index (χ2n) is 6.36. The summed E-state index contributed by atoms with van der Waals surface area (Å²) in [5, 5.41) is 0.332. The summed E-state index contributed by atoms with van der Waals surface area (Å²) in [4.78, 5) is 0. The van der Waals surface area contributed by atoms with Gasteiger partial charge in [-0.3, -0.25) is 0 Å². The summed E-state index contributed by atoms with van der Waals surface area (Å²) in [5.41, 5.74) is 0. The second kappa shape index (κ2) is 6.37. The quantitative estimate of drug-likeness (QED) is 0.496. The van der Waals surface area contributed by atoms with Gasteiger partial charge >= 0.3 is 0 Å². The van der Waals surface area contributed by atoms with Gasteiger partial charge in [-0.15, -0.1) is 0 Å². The van der Waals surface area contributed by atoms with Crippen LogP contribution in [0.25, 0.3) is 0 Å². The van der Waals surface area contributed by atoms with Crippen molar-refractivity contribution in [1.29, 1.82) is 0 Å². The van der Waals surface area contributed by atoms with E-state index in [1.165, 1.54) is 25.2 Å². The fourth-order valence-electron chi connectivity index (χ4n) is 1.56. The monoisotopic (exact) mass is 251 g/mol. The van der Waals surface area contributed by atoms with Gasteiger partial charge in [-0.05, 0) is 62.6 Å². The van der Waals surface area contributed by atoms with Gasteiger partial charge in [0.25, 0.3) is 0 Å². The van der Waals surface area contributed by atoms with E-state index in [0.29, 0.717) is 5.04 Å². The largest absolute Gasteiger partial charge is 0.417 e. The Morgan fingerprint density at radius 3 is 2.18 bits per heavy atom. The highest BCUT2D eigenvalue weighted by atomic mass is 28.4. The molecule has 0 spiro atoms. The number of hydrogen-bond acceptors (Lipinski definition) is 1. The molecule has 2 heteroatoms. The predicted molar refractivity (Wildman–Crippen MR) is 77.4 cm³/mol. The van der Waals surface area contributed by atoms with Crippen LogP contribution in [0.3, 0.4) is 0 Å². The number of unbranched alkanes of at least 4 members (excludes halogenated alkanes) is 1. The third-order valence-corrected chi connectivity index (χ3v) is 8.40. The average molecular weight is 251 g/mol. The van der Waals surface area contributed by atoms with E-state index in [2.05, 4.69) is 59.5 Å². The van der Waals surface area contributed by atoms with Crippen molar-refractivity contribution in [2.24, 2.45) is 0 Å². The smallest absolute Gasteiger partial charge is 0.191 e. The van der Waals surface area contributed by atoms with E-state index in [1.807, 2.05) is 0 Å². The van der Waals surface area contributed by atoms with E-state index in [0.717, 1.165) is 6.61 Å². The maximum Gasteiger partial charge on any atom is 0.191 e. The van der Waals surface area contributed by atoms with Crippen molar-refractivity contribution in [2.75, 3.05) is 6.61 Å². The molecule has 0 amide bonds. The van der Waals surface area contributed by atoms with Crippen molar-refractivity contribution < 1.29 is 4.43 Å². The van der Waals surface area contributed by atoms with E-state index >= 15 is 0 Å². The minimum atomic E-state index is -1.52. The molecule has 5 radical (unpaired) electrons. The Bertz CT molecular complexity index is 211. The Kier molecular flexibility index (Phi) is 5.71. The van der Waals surface area contributed by atoms with Gasteiger partial charge in [0.1, 0.15) is 0 Å². The molecule has 97 valence electrons. The SMILES string of the molecule is CC(C)(C)[Si](C)(C)OCCCC[C]1[CH][CH][CH][CH]1. The zero-order valence-corrected chi connectivity index (χ0v) is 13.0. The molecule has 1 nitrogen and oxygen atoms in total. The highest BCUT2D eigenvalue weighted by Crippen LogP contribution is 2.36. The van der Waals surface area contributed by atoms with E-state index < -0.39 is 8.32 Å². The molecule has 1 aliphatic rings. The Hall–Kier alpha value is 0.177. The molecule has 0 unspecified atom stereocenters. The van der Waals surface area contributed by atoms with E-state index in [1.54, 1.807) is 0 Å². The lowest BCUT2D eigenvalue weighted by Gasteiger charge is -2.36. The zero-order chi connectivity index (χ0) is 12.9. The van der Waals surface area contributed by atoms with Crippen molar-refractivity contribution >= 4 is 8.32 Å². The van der Waals surface area contributed by atoms with Gasteiger partial charge in [0.2, 0.25) is 0 Å². The van der Waals surface area contributed by atoms with Gasteiger partial charge in [0.05, 0.1) is 0 Å². The minimum absolute atomic E-state index is 0.332. The molecule has 0 aromatic heterocycles. The molecule has 0 saturated heterocycles. The van der Waals surface area contributed by atoms with Crippen LogP contribution in [-0.2, 0) is 4.43 Å². The van der Waals surface area contributed by atoms with Gasteiger partial charge in [-0.2, -0.15) is 0 Å². The highest BCUT2D eigenvalue weighted by molar-refractivity contribution is 6.74. The normalized spacial score (nSPS) is 18.9. The molecule has 1 fully saturated rings. The fraction of sp³-hybridized carbons (Fsp3) is 0.667. The molecule has 0 aliphatic heterocycles. The van der Waals surface area contributed by atoms with Gasteiger partial charge in [-0.25, -0.2) is 0 Å². The molecule has 0 aromatic rings. The first-order valence-electron chi connectivity index (χ1n) is 6.67. The molecular weight excluding hydrogens is 224 g/mol. The molecule has 0 aromatic carbocycles. The zero-order valence-electron chi connectivity index (χ0n) is 12.0. The Morgan fingerprint density at radius 1 is 1.06 bits per heavy atom. The van der Waals surface area contributed by atoms with Crippen LogP contribution >= 0.6 is 0 Å². The molecule has 0 N–H and O–H groups in total. The first-order chi connectivity index (χ1) is 7.83. The Balaban J connectivity index is 2.07.